The van der Waals surface area contributed by atoms with Gasteiger partial charge in [0.15, 0.2) is 10.9 Å². The van der Waals surface area contributed by atoms with Crippen LogP contribution in [0.15, 0.2) is 41.0 Å². The van der Waals surface area contributed by atoms with Gasteiger partial charge in [-0.15, -0.1) is 12.4 Å². The number of carbonyl (C=O) groups is 1. The van der Waals surface area contributed by atoms with Gasteiger partial charge in [-0.2, -0.15) is 0 Å². The summed E-state index contributed by atoms with van der Waals surface area (Å²) in [5.74, 6) is 0.936. The van der Waals surface area contributed by atoms with E-state index in [1.165, 1.54) is 17.6 Å². The molecule has 0 radical (unpaired) electrons. The van der Waals surface area contributed by atoms with Gasteiger partial charge in [0.25, 0.3) is 5.91 Å². The number of amides is 1. The first-order chi connectivity index (χ1) is 12.1. The van der Waals surface area contributed by atoms with E-state index >= 15 is 0 Å². The lowest BCUT2D eigenvalue weighted by Crippen LogP contribution is -2.36. The Morgan fingerprint density at radius 1 is 1.27 bits per heavy atom. The van der Waals surface area contributed by atoms with Gasteiger partial charge in [-0.25, -0.2) is 4.98 Å². The molecule has 0 saturated carbocycles. The predicted molar refractivity (Wildman–Crippen MR) is 107 cm³/mol. The quantitative estimate of drug-likeness (QED) is 0.606. The molecule has 3 aromatic rings. The highest BCUT2D eigenvalue weighted by atomic mass is 35.5. The number of anilines is 1. The molecule has 140 valence electrons. The molecule has 0 aliphatic carbocycles. The number of ether oxygens (including phenoxy) is 1. The lowest BCUT2D eigenvalue weighted by atomic mass is 10.3. The van der Waals surface area contributed by atoms with Crippen molar-refractivity contribution in [2.75, 3.05) is 38.7 Å². The fraction of sp³-hybridized carbons (Fsp3) is 0.333. The summed E-state index contributed by atoms with van der Waals surface area (Å²) in [7, 11) is 3.95. The topological polar surface area (TPSA) is 58.8 Å². The molecule has 2 aromatic heterocycles. The minimum atomic E-state index is -0.184. The van der Waals surface area contributed by atoms with Crippen LogP contribution >= 0.6 is 23.7 Å². The van der Waals surface area contributed by atoms with E-state index in [4.69, 9.17) is 9.15 Å². The van der Waals surface area contributed by atoms with Gasteiger partial charge >= 0.3 is 0 Å². The van der Waals surface area contributed by atoms with Crippen molar-refractivity contribution >= 4 is 45.0 Å². The molecule has 2 heterocycles. The Balaban J connectivity index is 0.00000243. The number of carbonyl (C=O) groups excluding carboxylic acids is 1. The van der Waals surface area contributed by atoms with E-state index in [0.717, 1.165) is 22.5 Å². The number of hydrogen-bond donors (Lipinski definition) is 0. The first-order valence-electron chi connectivity index (χ1n) is 8.12. The van der Waals surface area contributed by atoms with Gasteiger partial charge in [-0.05, 0) is 51.4 Å². The van der Waals surface area contributed by atoms with Crippen molar-refractivity contribution in [2.45, 2.75) is 6.92 Å². The van der Waals surface area contributed by atoms with Gasteiger partial charge in [0.1, 0.15) is 5.75 Å². The molecule has 6 nitrogen and oxygen atoms in total. The molecule has 0 fully saturated rings. The van der Waals surface area contributed by atoms with Crippen LogP contribution in [-0.2, 0) is 0 Å². The number of aromatic nitrogens is 1. The van der Waals surface area contributed by atoms with Gasteiger partial charge in [0.2, 0.25) is 0 Å². The number of furan rings is 1. The summed E-state index contributed by atoms with van der Waals surface area (Å²) in [6.07, 6.45) is 1.50. The first kappa shape index (κ1) is 20.2. The minimum Gasteiger partial charge on any atom is -0.494 e. The van der Waals surface area contributed by atoms with Crippen LogP contribution in [0.5, 0.6) is 5.75 Å². The second kappa shape index (κ2) is 9.02. The van der Waals surface area contributed by atoms with Gasteiger partial charge in [0, 0.05) is 13.1 Å². The lowest BCUT2D eigenvalue weighted by Gasteiger charge is -2.20. The summed E-state index contributed by atoms with van der Waals surface area (Å²) >= 11 is 1.48. The zero-order chi connectivity index (χ0) is 17.8. The Morgan fingerprint density at radius 2 is 2.08 bits per heavy atom. The van der Waals surface area contributed by atoms with Crippen LogP contribution in [0.1, 0.15) is 17.5 Å². The number of hydrogen-bond acceptors (Lipinski definition) is 6. The normalized spacial score (nSPS) is 10.8. The van der Waals surface area contributed by atoms with Crippen LogP contribution in [-0.4, -0.2) is 49.6 Å². The summed E-state index contributed by atoms with van der Waals surface area (Å²) in [5, 5.41) is 0.659. The third-order valence-corrected chi connectivity index (χ3v) is 4.68. The van der Waals surface area contributed by atoms with Crippen LogP contribution in [0, 0.1) is 0 Å². The second-order valence-corrected chi connectivity index (χ2v) is 6.81. The summed E-state index contributed by atoms with van der Waals surface area (Å²) in [6.45, 7) is 3.83. The van der Waals surface area contributed by atoms with Gasteiger partial charge < -0.3 is 14.1 Å². The molecule has 0 atom stereocenters. The molecule has 1 aromatic carbocycles. The van der Waals surface area contributed by atoms with Crippen molar-refractivity contribution in [2.24, 2.45) is 0 Å². The van der Waals surface area contributed by atoms with Crippen LogP contribution < -0.4 is 9.64 Å². The summed E-state index contributed by atoms with van der Waals surface area (Å²) < 4.78 is 11.8. The number of rotatable bonds is 7. The van der Waals surface area contributed by atoms with Crippen LogP contribution in [0.2, 0.25) is 0 Å². The third kappa shape index (κ3) is 4.55. The van der Waals surface area contributed by atoms with E-state index in [1.807, 2.05) is 44.1 Å². The molecule has 0 bridgehead atoms. The molecule has 8 heteroatoms. The Kier molecular flexibility index (Phi) is 7.02. The third-order valence-electron chi connectivity index (χ3n) is 3.64. The van der Waals surface area contributed by atoms with E-state index in [0.29, 0.717) is 24.0 Å². The van der Waals surface area contributed by atoms with E-state index < -0.39 is 0 Å². The fourth-order valence-corrected chi connectivity index (χ4v) is 3.40. The Hall–Kier alpha value is -2.09. The number of thiazole rings is 1. The second-order valence-electron chi connectivity index (χ2n) is 5.80. The molecule has 0 spiro atoms. The molecule has 26 heavy (non-hydrogen) atoms. The van der Waals surface area contributed by atoms with Gasteiger partial charge in [-0.3, -0.25) is 9.69 Å². The fourth-order valence-electron chi connectivity index (χ4n) is 2.38. The number of halogens is 1. The van der Waals surface area contributed by atoms with Gasteiger partial charge in [0.05, 0.1) is 23.1 Å². The van der Waals surface area contributed by atoms with Gasteiger partial charge in [-0.1, -0.05) is 11.3 Å². The average Bonchev–Trinajstić information content (AvgIpc) is 3.24. The molecular formula is C18H22ClN3O3S. The molecule has 0 unspecified atom stereocenters. The van der Waals surface area contributed by atoms with Crippen molar-refractivity contribution in [3.63, 3.8) is 0 Å². The predicted octanol–water partition coefficient (Wildman–Crippen LogP) is 3.92. The Labute approximate surface area is 162 Å². The van der Waals surface area contributed by atoms with E-state index in [-0.39, 0.29) is 18.3 Å². The largest absolute Gasteiger partial charge is 0.494 e. The SMILES string of the molecule is CCOc1ccc2nc(N(CCN(C)C)C(=O)c3ccco3)sc2c1.Cl. The Morgan fingerprint density at radius 3 is 2.73 bits per heavy atom. The summed E-state index contributed by atoms with van der Waals surface area (Å²) in [4.78, 5) is 21.2. The maximum Gasteiger partial charge on any atom is 0.295 e. The zero-order valence-electron chi connectivity index (χ0n) is 15.0. The first-order valence-corrected chi connectivity index (χ1v) is 8.93. The maximum absolute atomic E-state index is 12.8. The number of fused-ring (bicyclic) bond motifs is 1. The lowest BCUT2D eigenvalue weighted by molar-refractivity contribution is 0.0958. The monoisotopic (exact) mass is 395 g/mol. The van der Waals surface area contributed by atoms with Crippen LogP contribution in [0.3, 0.4) is 0 Å². The van der Waals surface area contributed by atoms with Crippen LogP contribution in [0.4, 0.5) is 5.13 Å². The van der Waals surface area contributed by atoms with Crippen molar-refractivity contribution in [3.05, 3.63) is 42.4 Å². The smallest absolute Gasteiger partial charge is 0.295 e. The molecule has 3 rings (SSSR count). The number of benzene rings is 1. The van der Waals surface area contributed by atoms with Crippen molar-refractivity contribution < 1.29 is 13.9 Å². The molecule has 0 aliphatic heterocycles. The van der Waals surface area contributed by atoms with Crippen molar-refractivity contribution in [1.82, 2.24) is 9.88 Å². The molecular weight excluding hydrogens is 374 g/mol. The summed E-state index contributed by atoms with van der Waals surface area (Å²) in [5.41, 5.74) is 0.852. The number of likely N-dealkylation sites (N-methyl/N-ethyl adjacent to an activating group) is 1. The maximum atomic E-state index is 12.8. The van der Waals surface area contributed by atoms with Crippen LogP contribution in [0.25, 0.3) is 10.2 Å². The highest BCUT2D eigenvalue weighted by Crippen LogP contribution is 2.32. The zero-order valence-corrected chi connectivity index (χ0v) is 16.6. The van der Waals surface area contributed by atoms with Crippen molar-refractivity contribution in [3.8, 4) is 5.75 Å². The van der Waals surface area contributed by atoms with Crippen molar-refractivity contribution in [1.29, 1.82) is 0 Å². The highest BCUT2D eigenvalue weighted by Gasteiger charge is 2.23. The average molecular weight is 396 g/mol. The molecule has 1 amide bonds. The highest BCUT2D eigenvalue weighted by molar-refractivity contribution is 7.22. The van der Waals surface area contributed by atoms with E-state index in [1.54, 1.807) is 17.0 Å². The molecule has 0 aliphatic rings. The number of nitrogens with zero attached hydrogens (tertiary/aromatic N) is 3. The molecule has 0 saturated heterocycles. The molecule has 0 N–H and O–H groups in total. The summed E-state index contributed by atoms with van der Waals surface area (Å²) in [6, 6.07) is 9.16. The van der Waals surface area contributed by atoms with E-state index in [2.05, 4.69) is 4.98 Å². The van der Waals surface area contributed by atoms with E-state index in [9.17, 15) is 4.79 Å². The standard InChI is InChI=1S/C18H21N3O3S.ClH/c1-4-23-13-7-8-14-16(12-13)25-18(19-14)21(10-9-20(2)3)17(22)15-6-5-11-24-15;/h5-8,11-12H,4,9-10H2,1-3H3;1H. The Bertz CT molecular complexity index is 849. The minimum absolute atomic E-state index is 0.